The lowest BCUT2D eigenvalue weighted by molar-refractivity contribution is 0.399. The molecule has 0 radical (unpaired) electrons. The molecular formula is C16H18FNO. The summed E-state index contributed by atoms with van der Waals surface area (Å²) in [5.41, 5.74) is 8.04. The van der Waals surface area contributed by atoms with E-state index in [9.17, 15) is 4.39 Å². The Balaban J connectivity index is 2.54. The molecule has 0 saturated heterocycles. The first-order chi connectivity index (χ1) is 8.96. The molecule has 0 amide bonds. The summed E-state index contributed by atoms with van der Waals surface area (Å²) in [4.78, 5) is 0. The van der Waals surface area contributed by atoms with Crippen molar-refractivity contribution in [2.75, 3.05) is 7.11 Å². The Labute approximate surface area is 113 Å². The summed E-state index contributed by atoms with van der Waals surface area (Å²) in [5.74, 6) is 0.508. The molecule has 0 heterocycles. The smallest absolute Gasteiger partial charge is 0.126 e. The number of nitrogens with two attached hydrogens (primary N) is 1. The van der Waals surface area contributed by atoms with Gasteiger partial charge in [-0.15, -0.1) is 0 Å². The largest absolute Gasteiger partial charge is 0.496 e. The van der Waals surface area contributed by atoms with E-state index < -0.39 is 5.54 Å². The van der Waals surface area contributed by atoms with Crippen molar-refractivity contribution in [1.29, 1.82) is 0 Å². The number of para-hydroxylation sites is 1. The molecule has 0 aromatic heterocycles. The number of methoxy groups -OCH3 is 1. The van der Waals surface area contributed by atoms with Crippen LogP contribution in [0.25, 0.3) is 0 Å². The molecule has 2 aromatic rings. The predicted octanol–water partition coefficient (Wildman–Crippen LogP) is 3.36. The molecule has 100 valence electrons. The Bertz CT molecular complexity index is 593. The van der Waals surface area contributed by atoms with Crippen molar-refractivity contribution in [2.24, 2.45) is 5.73 Å². The highest BCUT2D eigenvalue weighted by Gasteiger charge is 2.27. The van der Waals surface area contributed by atoms with Gasteiger partial charge in [0.25, 0.3) is 0 Å². The van der Waals surface area contributed by atoms with Crippen molar-refractivity contribution >= 4 is 0 Å². The van der Waals surface area contributed by atoms with Crippen molar-refractivity contribution in [3.63, 3.8) is 0 Å². The summed E-state index contributed by atoms with van der Waals surface area (Å²) in [6.07, 6.45) is 0. The Morgan fingerprint density at radius 2 is 1.84 bits per heavy atom. The monoisotopic (exact) mass is 259 g/mol. The number of benzene rings is 2. The molecule has 0 aliphatic rings. The van der Waals surface area contributed by atoms with Gasteiger partial charge in [-0.1, -0.05) is 30.3 Å². The number of rotatable bonds is 3. The van der Waals surface area contributed by atoms with Gasteiger partial charge in [-0.2, -0.15) is 0 Å². The van der Waals surface area contributed by atoms with Crippen LogP contribution in [0.4, 0.5) is 4.39 Å². The Morgan fingerprint density at radius 3 is 2.47 bits per heavy atom. The quantitative estimate of drug-likeness (QED) is 0.917. The van der Waals surface area contributed by atoms with E-state index in [0.717, 1.165) is 16.9 Å². The molecule has 0 saturated carbocycles. The fourth-order valence-electron chi connectivity index (χ4n) is 2.20. The first kappa shape index (κ1) is 13.6. The van der Waals surface area contributed by atoms with Gasteiger partial charge >= 0.3 is 0 Å². The minimum Gasteiger partial charge on any atom is -0.496 e. The number of hydrogen-bond donors (Lipinski definition) is 1. The number of aryl methyl sites for hydroxylation is 1. The summed E-state index contributed by atoms with van der Waals surface area (Å²) < 4.78 is 18.7. The van der Waals surface area contributed by atoms with Crippen molar-refractivity contribution < 1.29 is 9.13 Å². The number of hydrogen-bond acceptors (Lipinski definition) is 2. The molecule has 0 spiro atoms. The van der Waals surface area contributed by atoms with Crippen LogP contribution >= 0.6 is 0 Å². The maximum atomic E-state index is 13.4. The van der Waals surface area contributed by atoms with Crippen molar-refractivity contribution in [3.05, 3.63) is 65.0 Å². The Hall–Kier alpha value is -1.87. The van der Waals surface area contributed by atoms with Gasteiger partial charge in [-0.3, -0.25) is 0 Å². The molecule has 0 aliphatic carbocycles. The molecular weight excluding hydrogens is 241 g/mol. The zero-order valence-electron chi connectivity index (χ0n) is 11.4. The lowest BCUT2D eigenvalue weighted by Gasteiger charge is -2.28. The third kappa shape index (κ3) is 2.47. The van der Waals surface area contributed by atoms with E-state index in [-0.39, 0.29) is 5.82 Å². The van der Waals surface area contributed by atoms with Crippen LogP contribution in [0.1, 0.15) is 23.6 Å². The van der Waals surface area contributed by atoms with E-state index in [0.29, 0.717) is 5.56 Å². The van der Waals surface area contributed by atoms with Crippen LogP contribution in [0.5, 0.6) is 5.75 Å². The summed E-state index contributed by atoms with van der Waals surface area (Å²) >= 11 is 0. The maximum absolute atomic E-state index is 13.4. The van der Waals surface area contributed by atoms with Crippen molar-refractivity contribution in [2.45, 2.75) is 19.4 Å². The van der Waals surface area contributed by atoms with Gasteiger partial charge in [-0.25, -0.2) is 4.39 Å². The van der Waals surface area contributed by atoms with Crippen LogP contribution < -0.4 is 10.5 Å². The van der Waals surface area contributed by atoms with E-state index in [4.69, 9.17) is 10.5 Å². The highest BCUT2D eigenvalue weighted by atomic mass is 19.1. The first-order valence-electron chi connectivity index (χ1n) is 6.16. The Morgan fingerprint density at radius 1 is 1.16 bits per heavy atom. The summed E-state index contributed by atoms with van der Waals surface area (Å²) in [5, 5.41) is 0. The fourth-order valence-corrected chi connectivity index (χ4v) is 2.20. The molecule has 2 nitrogen and oxygen atoms in total. The van der Waals surface area contributed by atoms with Crippen LogP contribution in [0, 0.1) is 12.7 Å². The topological polar surface area (TPSA) is 35.2 Å². The summed E-state index contributed by atoms with van der Waals surface area (Å²) in [6, 6.07) is 12.6. The zero-order chi connectivity index (χ0) is 14.0. The number of halogens is 1. The molecule has 0 bridgehead atoms. The molecule has 1 unspecified atom stereocenters. The lowest BCUT2D eigenvalue weighted by Crippen LogP contribution is -2.34. The minimum absolute atomic E-state index is 0.223. The maximum Gasteiger partial charge on any atom is 0.126 e. The lowest BCUT2D eigenvalue weighted by atomic mass is 9.84. The van der Waals surface area contributed by atoms with Gasteiger partial charge in [-0.05, 0) is 37.1 Å². The van der Waals surface area contributed by atoms with E-state index in [1.165, 1.54) is 6.07 Å². The average Bonchev–Trinajstić information content (AvgIpc) is 2.41. The Kier molecular flexibility index (Phi) is 3.58. The van der Waals surface area contributed by atoms with E-state index in [2.05, 4.69) is 0 Å². The van der Waals surface area contributed by atoms with Crippen molar-refractivity contribution in [3.8, 4) is 5.75 Å². The SMILES string of the molecule is COc1ccccc1C(C)(N)c1ccc(F)c(C)c1. The second-order valence-corrected chi connectivity index (χ2v) is 4.87. The first-order valence-corrected chi connectivity index (χ1v) is 6.16. The van der Waals surface area contributed by atoms with Gasteiger partial charge in [0.1, 0.15) is 11.6 Å². The van der Waals surface area contributed by atoms with Gasteiger partial charge in [0.15, 0.2) is 0 Å². The molecule has 19 heavy (non-hydrogen) atoms. The van der Waals surface area contributed by atoms with E-state index in [1.54, 1.807) is 26.2 Å². The van der Waals surface area contributed by atoms with Crippen LogP contribution in [-0.2, 0) is 5.54 Å². The average molecular weight is 259 g/mol. The van der Waals surface area contributed by atoms with Crippen LogP contribution in [-0.4, -0.2) is 7.11 Å². The minimum atomic E-state index is -0.731. The summed E-state index contributed by atoms with van der Waals surface area (Å²) in [6.45, 7) is 3.63. The molecule has 2 rings (SSSR count). The molecule has 3 heteroatoms. The fraction of sp³-hybridized carbons (Fsp3) is 0.250. The molecule has 1 atom stereocenters. The van der Waals surface area contributed by atoms with E-state index >= 15 is 0 Å². The molecule has 2 aromatic carbocycles. The highest BCUT2D eigenvalue weighted by molar-refractivity contribution is 5.46. The second-order valence-electron chi connectivity index (χ2n) is 4.87. The van der Waals surface area contributed by atoms with Gasteiger partial charge in [0, 0.05) is 5.56 Å². The van der Waals surface area contributed by atoms with Crippen LogP contribution in [0.15, 0.2) is 42.5 Å². The van der Waals surface area contributed by atoms with Crippen LogP contribution in [0.3, 0.4) is 0 Å². The third-order valence-corrected chi connectivity index (χ3v) is 3.42. The third-order valence-electron chi connectivity index (χ3n) is 3.42. The highest BCUT2D eigenvalue weighted by Crippen LogP contribution is 2.33. The standard InChI is InChI=1S/C16H18FNO/c1-11-10-12(8-9-14(11)17)16(2,18)13-6-4-5-7-15(13)19-3/h4-10H,18H2,1-3H3. The normalized spacial score (nSPS) is 13.9. The molecule has 2 N–H and O–H groups in total. The van der Waals surface area contributed by atoms with Crippen LogP contribution in [0.2, 0.25) is 0 Å². The van der Waals surface area contributed by atoms with E-state index in [1.807, 2.05) is 31.2 Å². The zero-order valence-corrected chi connectivity index (χ0v) is 11.4. The number of ether oxygens (including phenoxy) is 1. The molecule has 0 fully saturated rings. The van der Waals surface area contributed by atoms with Gasteiger partial charge < -0.3 is 10.5 Å². The van der Waals surface area contributed by atoms with Crippen molar-refractivity contribution in [1.82, 2.24) is 0 Å². The second kappa shape index (κ2) is 5.02. The molecule has 0 aliphatic heterocycles. The van der Waals surface area contributed by atoms with Gasteiger partial charge in [0.2, 0.25) is 0 Å². The summed E-state index contributed by atoms with van der Waals surface area (Å²) in [7, 11) is 1.62. The predicted molar refractivity (Wildman–Crippen MR) is 74.8 cm³/mol. The van der Waals surface area contributed by atoms with Gasteiger partial charge in [0.05, 0.1) is 12.6 Å².